The van der Waals surface area contributed by atoms with Crippen molar-refractivity contribution in [3.05, 3.63) is 33.3 Å². The van der Waals surface area contributed by atoms with E-state index in [-0.39, 0.29) is 5.78 Å². The second-order valence-corrected chi connectivity index (χ2v) is 4.38. The van der Waals surface area contributed by atoms with E-state index >= 15 is 0 Å². The van der Waals surface area contributed by atoms with Gasteiger partial charge in [-0.1, -0.05) is 17.7 Å². The molecule has 0 saturated heterocycles. The van der Waals surface area contributed by atoms with Crippen molar-refractivity contribution in [1.29, 1.82) is 0 Å². The SMILES string of the molecule is CC(=O)c1c(C)cc2c(c1Cl)CCNC2. The average Bonchev–Trinajstić information content (AvgIpc) is 2.17. The van der Waals surface area contributed by atoms with E-state index in [4.69, 9.17) is 11.6 Å². The van der Waals surface area contributed by atoms with E-state index < -0.39 is 0 Å². The van der Waals surface area contributed by atoms with E-state index in [1.165, 1.54) is 5.56 Å². The molecule has 0 aromatic heterocycles. The molecule has 1 aliphatic rings. The number of hydrogen-bond acceptors (Lipinski definition) is 2. The summed E-state index contributed by atoms with van der Waals surface area (Å²) in [5, 5.41) is 3.97. The van der Waals surface area contributed by atoms with Gasteiger partial charge >= 0.3 is 0 Å². The van der Waals surface area contributed by atoms with Gasteiger partial charge < -0.3 is 5.32 Å². The van der Waals surface area contributed by atoms with Crippen molar-refractivity contribution >= 4 is 17.4 Å². The Morgan fingerprint density at radius 3 is 2.93 bits per heavy atom. The molecule has 0 amide bonds. The molecule has 1 heterocycles. The third kappa shape index (κ3) is 1.80. The number of aryl methyl sites for hydroxylation is 1. The van der Waals surface area contributed by atoms with Crippen molar-refractivity contribution in [3.63, 3.8) is 0 Å². The molecule has 0 radical (unpaired) electrons. The maximum absolute atomic E-state index is 11.5. The molecule has 1 aromatic rings. The van der Waals surface area contributed by atoms with E-state index in [0.29, 0.717) is 10.6 Å². The summed E-state index contributed by atoms with van der Waals surface area (Å²) in [5.41, 5.74) is 4.05. The lowest BCUT2D eigenvalue weighted by Gasteiger charge is -2.21. The van der Waals surface area contributed by atoms with Crippen molar-refractivity contribution in [1.82, 2.24) is 5.32 Å². The molecule has 1 N–H and O–H groups in total. The molecule has 2 nitrogen and oxygen atoms in total. The summed E-state index contributed by atoms with van der Waals surface area (Å²) in [5.74, 6) is 0.0545. The second kappa shape index (κ2) is 3.95. The van der Waals surface area contributed by atoms with Crippen molar-refractivity contribution < 1.29 is 4.79 Å². The number of carbonyl (C=O) groups excluding carboxylic acids is 1. The molecule has 1 aliphatic heterocycles. The number of nitrogens with one attached hydrogen (secondary N) is 1. The van der Waals surface area contributed by atoms with Crippen LogP contribution in [0.4, 0.5) is 0 Å². The van der Waals surface area contributed by atoms with Gasteiger partial charge in [-0.3, -0.25) is 4.79 Å². The van der Waals surface area contributed by atoms with Gasteiger partial charge in [0.15, 0.2) is 5.78 Å². The van der Waals surface area contributed by atoms with Crippen LogP contribution in [-0.2, 0) is 13.0 Å². The molecule has 1 aromatic carbocycles. The second-order valence-electron chi connectivity index (χ2n) is 4.00. The summed E-state index contributed by atoms with van der Waals surface area (Å²) >= 11 is 6.28. The standard InChI is InChI=1S/C12H14ClNO/c1-7-5-9-6-14-4-3-10(9)12(13)11(7)8(2)15/h5,14H,3-4,6H2,1-2H3. The highest BCUT2D eigenvalue weighted by molar-refractivity contribution is 6.35. The van der Waals surface area contributed by atoms with Crippen LogP contribution in [0, 0.1) is 6.92 Å². The third-order valence-corrected chi connectivity index (χ3v) is 3.29. The van der Waals surface area contributed by atoms with E-state index in [1.54, 1.807) is 6.92 Å². The first-order chi connectivity index (χ1) is 7.11. The maximum Gasteiger partial charge on any atom is 0.161 e. The fraction of sp³-hybridized carbons (Fsp3) is 0.417. The predicted octanol–water partition coefficient (Wildman–Crippen LogP) is 2.50. The van der Waals surface area contributed by atoms with Crippen LogP contribution in [0.2, 0.25) is 5.02 Å². The molecule has 15 heavy (non-hydrogen) atoms. The summed E-state index contributed by atoms with van der Waals surface area (Å²) < 4.78 is 0. The number of rotatable bonds is 1. The minimum absolute atomic E-state index is 0.0545. The lowest BCUT2D eigenvalue weighted by molar-refractivity contribution is 0.101. The Morgan fingerprint density at radius 2 is 2.27 bits per heavy atom. The molecule has 0 unspecified atom stereocenters. The van der Waals surface area contributed by atoms with Gasteiger partial charge in [-0.25, -0.2) is 0 Å². The third-order valence-electron chi connectivity index (χ3n) is 2.88. The summed E-state index contributed by atoms with van der Waals surface area (Å²) in [6.45, 7) is 5.31. The van der Waals surface area contributed by atoms with Crippen LogP contribution in [0.3, 0.4) is 0 Å². The molecule has 0 atom stereocenters. The number of benzene rings is 1. The zero-order chi connectivity index (χ0) is 11.0. The number of halogens is 1. The average molecular weight is 224 g/mol. The molecule has 0 spiro atoms. The zero-order valence-corrected chi connectivity index (χ0v) is 9.74. The van der Waals surface area contributed by atoms with Crippen molar-refractivity contribution in [2.75, 3.05) is 6.54 Å². The largest absolute Gasteiger partial charge is 0.312 e. The van der Waals surface area contributed by atoms with E-state index in [2.05, 4.69) is 11.4 Å². The Morgan fingerprint density at radius 1 is 1.53 bits per heavy atom. The summed E-state index contributed by atoms with van der Waals surface area (Å²) in [6.07, 6.45) is 0.911. The van der Waals surface area contributed by atoms with Crippen molar-refractivity contribution in [2.45, 2.75) is 26.8 Å². The van der Waals surface area contributed by atoms with E-state index in [0.717, 1.165) is 30.6 Å². The van der Waals surface area contributed by atoms with E-state index in [9.17, 15) is 4.79 Å². The highest BCUT2D eigenvalue weighted by Crippen LogP contribution is 2.30. The van der Waals surface area contributed by atoms with Crippen LogP contribution in [-0.4, -0.2) is 12.3 Å². The maximum atomic E-state index is 11.5. The predicted molar refractivity (Wildman–Crippen MR) is 61.6 cm³/mol. The van der Waals surface area contributed by atoms with Crippen molar-refractivity contribution in [2.24, 2.45) is 0 Å². The number of fused-ring (bicyclic) bond motifs is 1. The Bertz CT molecular complexity index is 426. The Kier molecular flexibility index (Phi) is 2.81. The number of ketones is 1. The highest BCUT2D eigenvalue weighted by atomic mass is 35.5. The molecule has 0 fully saturated rings. The topological polar surface area (TPSA) is 29.1 Å². The fourth-order valence-electron chi connectivity index (χ4n) is 2.18. The first-order valence-corrected chi connectivity index (χ1v) is 5.51. The zero-order valence-electron chi connectivity index (χ0n) is 8.98. The van der Waals surface area contributed by atoms with Crippen LogP contribution in [0.1, 0.15) is 34.0 Å². The molecule has 80 valence electrons. The number of hydrogen-bond donors (Lipinski definition) is 1. The van der Waals surface area contributed by atoms with Crippen LogP contribution in [0.25, 0.3) is 0 Å². The summed E-state index contributed by atoms with van der Waals surface area (Å²) in [6, 6.07) is 2.07. The van der Waals surface area contributed by atoms with Crippen LogP contribution >= 0.6 is 11.6 Å². The van der Waals surface area contributed by atoms with Gasteiger partial charge in [0.05, 0.1) is 5.02 Å². The van der Waals surface area contributed by atoms with Crippen molar-refractivity contribution in [3.8, 4) is 0 Å². The van der Waals surface area contributed by atoms with Gasteiger partial charge in [-0.2, -0.15) is 0 Å². The molecular weight excluding hydrogens is 210 g/mol. The highest BCUT2D eigenvalue weighted by Gasteiger charge is 2.19. The van der Waals surface area contributed by atoms with Gasteiger partial charge in [0.25, 0.3) is 0 Å². The molecule has 0 bridgehead atoms. The van der Waals surface area contributed by atoms with Crippen LogP contribution in [0.15, 0.2) is 6.07 Å². The molecule has 0 saturated carbocycles. The van der Waals surface area contributed by atoms with Crippen LogP contribution in [0.5, 0.6) is 0 Å². The minimum atomic E-state index is 0.0545. The monoisotopic (exact) mass is 223 g/mol. The Balaban J connectivity index is 2.64. The minimum Gasteiger partial charge on any atom is -0.312 e. The van der Waals surface area contributed by atoms with Gasteiger partial charge in [0.2, 0.25) is 0 Å². The lowest BCUT2D eigenvalue weighted by atomic mass is 9.93. The Hall–Kier alpha value is -0.860. The summed E-state index contributed by atoms with van der Waals surface area (Å²) in [7, 11) is 0. The van der Waals surface area contributed by atoms with Crippen LogP contribution < -0.4 is 5.32 Å². The summed E-state index contributed by atoms with van der Waals surface area (Å²) in [4.78, 5) is 11.5. The van der Waals surface area contributed by atoms with Gasteiger partial charge in [0, 0.05) is 12.1 Å². The van der Waals surface area contributed by atoms with Gasteiger partial charge in [-0.15, -0.1) is 0 Å². The molecular formula is C12H14ClNO. The number of Topliss-reactive ketones (excluding diaryl/α,β-unsaturated/α-hetero) is 1. The van der Waals surface area contributed by atoms with E-state index in [1.807, 2.05) is 6.92 Å². The quantitative estimate of drug-likeness (QED) is 0.742. The van der Waals surface area contributed by atoms with Gasteiger partial charge in [-0.05, 0) is 43.5 Å². The first-order valence-electron chi connectivity index (χ1n) is 5.13. The number of carbonyl (C=O) groups is 1. The Labute approximate surface area is 94.6 Å². The van der Waals surface area contributed by atoms with Gasteiger partial charge in [0.1, 0.15) is 0 Å². The molecule has 3 heteroatoms. The lowest BCUT2D eigenvalue weighted by Crippen LogP contribution is -2.24. The smallest absolute Gasteiger partial charge is 0.161 e. The fourth-order valence-corrected chi connectivity index (χ4v) is 2.68. The molecule has 2 rings (SSSR count). The first kappa shape index (κ1) is 10.7. The molecule has 0 aliphatic carbocycles. The normalized spacial score (nSPS) is 14.9.